The van der Waals surface area contributed by atoms with Crippen molar-refractivity contribution in [2.24, 2.45) is 0 Å². The third-order valence-corrected chi connectivity index (χ3v) is 7.18. The Morgan fingerprint density at radius 1 is 1.06 bits per heavy atom. The molecule has 1 aliphatic heterocycles. The molecule has 0 bridgehead atoms. The monoisotopic (exact) mass is 517 g/mol. The fourth-order valence-corrected chi connectivity index (χ4v) is 5.00. The third kappa shape index (κ3) is 7.09. The molecule has 35 heavy (non-hydrogen) atoms. The van der Waals surface area contributed by atoms with E-state index in [1.54, 1.807) is 54.1 Å². The predicted octanol–water partition coefficient (Wildman–Crippen LogP) is 1.79. The van der Waals surface area contributed by atoms with Crippen molar-refractivity contribution in [1.82, 2.24) is 15.5 Å². The van der Waals surface area contributed by atoms with Crippen molar-refractivity contribution in [2.75, 3.05) is 25.1 Å². The lowest BCUT2D eigenvalue weighted by Gasteiger charge is -2.26. The molecule has 11 heteroatoms. The molecule has 2 aromatic rings. The number of carbonyl (C=O) groups excluding carboxylic acids is 4. The summed E-state index contributed by atoms with van der Waals surface area (Å²) in [6.45, 7) is 1.65. The number of ketones is 1. The SMILES string of the molecule is CC1=C(C(=O)CNC(=O)c2ccccc2)N(C(=O)[C@H](CCS(C)(=O)=O)NC(=O)c2ccsc2)CC1. The van der Waals surface area contributed by atoms with E-state index in [2.05, 4.69) is 10.6 Å². The largest absolute Gasteiger partial charge is 0.345 e. The number of hydrogen-bond donors (Lipinski definition) is 2. The number of sulfone groups is 1. The van der Waals surface area contributed by atoms with Crippen LogP contribution in [0.2, 0.25) is 0 Å². The molecule has 0 fully saturated rings. The molecular weight excluding hydrogens is 490 g/mol. The third-order valence-electron chi connectivity index (χ3n) is 5.52. The predicted molar refractivity (Wildman–Crippen MR) is 133 cm³/mol. The van der Waals surface area contributed by atoms with Gasteiger partial charge in [-0.1, -0.05) is 18.2 Å². The van der Waals surface area contributed by atoms with Crippen molar-refractivity contribution in [3.8, 4) is 0 Å². The summed E-state index contributed by atoms with van der Waals surface area (Å²) in [4.78, 5) is 52.6. The van der Waals surface area contributed by atoms with Gasteiger partial charge < -0.3 is 15.5 Å². The molecular formula is C24H27N3O6S2. The zero-order valence-corrected chi connectivity index (χ0v) is 21.1. The first-order valence-corrected chi connectivity index (χ1v) is 14.0. The van der Waals surface area contributed by atoms with Crippen LogP contribution >= 0.6 is 11.3 Å². The molecule has 9 nitrogen and oxygen atoms in total. The van der Waals surface area contributed by atoms with Gasteiger partial charge >= 0.3 is 0 Å². The Morgan fingerprint density at radius 3 is 2.40 bits per heavy atom. The summed E-state index contributed by atoms with van der Waals surface area (Å²) in [6.07, 6.45) is 1.38. The van der Waals surface area contributed by atoms with Crippen molar-refractivity contribution in [1.29, 1.82) is 0 Å². The average molecular weight is 518 g/mol. The molecule has 2 heterocycles. The molecule has 0 saturated carbocycles. The molecule has 1 aromatic heterocycles. The van der Waals surface area contributed by atoms with Gasteiger partial charge in [-0.2, -0.15) is 11.3 Å². The summed E-state index contributed by atoms with van der Waals surface area (Å²) in [7, 11) is -3.40. The minimum absolute atomic E-state index is 0.130. The first-order valence-electron chi connectivity index (χ1n) is 10.9. The highest BCUT2D eigenvalue weighted by atomic mass is 32.2. The number of rotatable bonds is 10. The van der Waals surface area contributed by atoms with Crippen LogP contribution in [0.3, 0.4) is 0 Å². The molecule has 0 spiro atoms. The molecule has 3 amide bonds. The van der Waals surface area contributed by atoms with Crippen LogP contribution in [0.1, 0.15) is 40.5 Å². The van der Waals surface area contributed by atoms with E-state index in [-0.39, 0.29) is 31.0 Å². The van der Waals surface area contributed by atoms with Gasteiger partial charge in [-0.25, -0.2) is 8.42 Å². The van der Waals surface area contributed by atoms with E-state index >= 15 is 0 Å². The Hall–Kier alpha value is -3.31. The van der Waals surface area contributed by atoms with Gasteiger partial charge in [0.15, 0.2) is 5.78 Å². The second kappa shape index (κ2) is 11.4. The maximum atomic E-state index is 13.4. The van der Waals surface area contributed by atoms with Gasteiger partial charge in [0.05, 0.1) is 23.6 Å². The summed E-state index contributed by atoms with van der Waals surface area (Å²) in [5, 5.41) is 8.54. The summed E-state index contributed by atoms with van der Waals surface area (Å²) < 4.78 is 23.5. The molecule has 0 saturated heterocycles. The number of thiophene rings is 1. The average Bonchev–Trinajstić information content (AvgIpc) is 3.49. The van der Waals surface area contributed by atoms with Gasteiger partial charge in [-0.05, 0) is 48.9 Å². The van der Waals surface area contributed by atoms with Gasteiger partial charge in [0.25, 0.3) is 11.8 Å². The molecule has 0 radical (unpaired) electrons. The highest BCUT2D eigenvalue weighted by molar-refractivity contribution is 7.90. The van der Waals surface area contributed by atoms with E-state index in [4.69, 9.17) is 0 Å². The van der Waals surface area contributed by atoms with E-state index in [0.29, 0.717) is 23.1 Å². The molecule has 0 aliphatic carbocycles. The van der Waals surface area contributed by atoms with Crippen LogP contribution in [0.5, 0.6) is 0 Å². The molecule has 0 unspecified atom stereocenters. The second-order valence-corrected chi connectivity index (χ2v) is 11.3. The van der Waals surface area contributed by atoms with Crippen LogP contribution in [0.4, 0.5) is 0 Å². The van der Waals surface area contributed by atoms with E-state index < -0.39 is 39.4 Å². The number of Topliss-reactive ketones (excluding diaryl/α,β-unsaturated/α-hetero) is 1. The summed E-state index contributed by atoms with van der Waals surface area (Å²) in [5.41, 5.74) is 1.61. The van der Waals surface area contributed by atoms with Gasteiger partial charge in [0.1, 0.15) is 15.9 Å². The minimum Gasteiger partial charge on any atom is -0.345 e. The molecule has 1 aliphatic rings. The Bertz CT molecular complexity index is 1240. The van der Waals surface area contributed by atoms with Gasteiger partial charge in [-0.15, -0.1) is 0 Å². The highest BCUT2D eigenvalue weighted by Gasteiger charge is 2.35. The maximum Gasteiger partial charge on any atom is 0.252 e. The van der Waals surface area contributed by atoms with Crippen LogP contribution in [0, 0.1) is 0 Å². The highest BCUT2D eigenvalue weighted by Crippen LogP contribution is 2.25. The van der Waals surface area contributed by atoms with Gasteiger partial charge in [0.2, 0.25) is 5.91 Å². The number of carbonyl (C=O) groups is 4. The Kier molecular flexibility index (Phi) is 8.57. The van der Waals surface area contributed by atoms with Crippen LogP contribution in [0.25, 0.3) is 0 Å². The molecule has 186 valence electrons. The lowest BCUT2D eigenvalue weighted by Crippen LogP contribution is -2.49. The van der Waals surface area contributed by atoms with E-state index in [0.717, 1.165) is 6.26 Å². The number of nitrogens with zero attached hydrogens (tertiary/aromatic N) is 1. The number of amides is 3. The Balaban J connectivity index is 1.74. The summed E-state index contributed by atoms with van der Waals surface area (Å²) >= 11 is 1.32. The first kappa shape index (κ1) is 26.3. The number of nitrogens with one attached hydrogen (secondary N) is 2. The van der Waals surface area contributed by atoms with Gasteiger partial charge in [0, 0.05) is 23.7 Å². The van der Waals surface area contributed by atoms with Crippen LogP contribution in [-0.4, -0.2) is 68.0 Å². The van der Waals surface area contributed by atoms with E-state index in [1.807, 2.05) is 0 Å². The Morgan fingerprint density at radius 2 is 1.77 bits per heavy atom. The van der Waals surface area contributed by atoms with Crippen LogP contribution in [-0.2, 0) is 19.4 Å². The quantitative estimate of drug-likeness (QED) is 0.494. The van der Waals surface area contributed by atoms with Crippen molar-refractivity contribution in [2.45, 2.75) is 25.8 Å². The Labute approximate surface area is 208 Å². The van der Waals surface area contributed by atoms with Crippen molar-refractivity contribution < 1.29 is 27.6 Å². The van der Waals surface area contributed by atoms with Crippen LogP contribution in [0.15, 0.2) is 58.4 Å². The van der Waals surface area contributed by atoms with E-state index in [1.165, 1.54) is 16.2 Å². The van der Waals surface area contributed by atoms with Crippen molar-refractivity contribution in [3.05, 3.63) is 69.6 Å². The topological polar surface area (TPSA) is 130 Å². The molecule has 1 aromatic carbocycles. The second-order valence-electron chi connectivity index (χ2n) is 8.30. The first-order chi connectivity index (χ1) is 16.6. The van der Waals surface area contributed by atoms with Crippen molar-refractivity contribution in [3.63, 3.8) is 0 Å². The zero-order chi connectivity index (χ0) is 25.6. The number of benzene rings is 1. The number of hydrogen-bond acceptors (Lipinski definition) is 7. The van der Waals surface area contributed by atoms with E-state index in [9.17, 15) is 27.6 Å². The molecule has 2 N–H and O–H groups in total. The summed E-state index contributed by atoms with van der Waals surface area (Å²) in [5.74, 6) is -2.22. The molecule has 3 rings (SSSR count). The smallest absolute Gasteiger partial charge is 0.252 e. The standard InChI is InChI=1S/C24H27N3O6S2/c1-16-8-11-27(21(16)20(28)14-25-22(29)17-6-4-3-5-7-17)24(31)19(10-13-35(2,32)33)26-23(30)18-9-12-34-15-18/h3-7,9,12,15,19H,8,10-11,13-14H2,1-2H3,(H,25,29)(H,26,30)/t19-/m0/s1. The fraction of sp³-hybridized carbons (Fsp3) is 0.333. The normalized spacial score (nSPS) is 14.5. The van der Waals surface area contributed by atoms with Crippen LogP contribution < -0.4 is 10.6 Å². The zero-order valence-electron chi connectivity index (χ0n) is 19.4. The lowest BCUT2D eigenvalue weighted by atomic mass is 10.1. The minimum atomic E-state index is -3.40. The fourth-order valence-electron chi connectivity index (χ4n) is 3.70. The maximum absolute atomic E-state index is 13.4. The summed E-state index contributed by atoms with van der Waals surface area (Å²) in [6, 6.07) is 8.91. The van der Waals surface area contributed by atoms with Gasteiger partial charge in [-0.3, -0.25) is 19.2 Å². The lowest BCUT2D eigenvalue weighted by molar-refractivity contribution is -0.133. The molecule has 1 atom stereocenters. The van der Waals surface area contributed by atoms with Crippen molar-refractivity contribution >= 4 is 44.7 Å².